The maximum absolute atomic E-state index is 12.1. The number of carbonyl (C=O) groups excluding carboxylic acids is 1. The van der Waals surface area contributed by atoms with Gasteiger partial charge in [-0.2, -0.15) is 0 Å². The van der Waals surface area contributed by atoms with Crippen LogP contribution in [0.25, 0.3) is 0 Å². The number of hydrogen-bond acceptors (Lipinski definition) is 6. The topological polar surface area (TPSA) is 63.2 Å². The fraction of sp³-hybridized carbons (Fsp3) is 0.731. The highest BCUT2D eigenvalue weighted by atomic mass is 17.3. The van der Waals surface area contributed by atoms with Crippen LogP contribution in [-0.2, 0) is 30.6 Å². The van der Waals surface area contributed by atoms with Crippen LogP contribution < -0.4 is 0 Å². The summed E-state index contributed by atoms with van der Waals surface area (Å²) in [6.07, 6.45) is 4.63. The highest BCUT2D eigenvalue weighted by Gasteiger charge is 2.69. The summed E-state index contributed by atoms with van der Waals surface area (Å²) in [5.41, 5.74) is 1.23. The number of rotatable bonds is 6. The molecule has 176 valence electrons. The number of ether oxygens (including phenoxy) is 3. The predicted molar refractivity (Wildman–Crippen MR) is 117 cm³/mol. The number of hydrogen-bond donors (Lipinski definition) is 0. The molecule has 8 atom stereocenters. The zero-order valence-corrected chi connectivity index (χ0v) is 19.7. The molecule has 0 aromatic heterocycles. The van der Waals surface area contributed by atoms with Crippen molar-refractivity contribution in [3.05, 3.63) is 35.4 Å². The van der Waals surface area contributed by atoms with Crippen LogP contribution in [0.5, 0.6) is 0 Å². The molecule has 0 unspecified atom stereocenters. The van der Waals surface area contributed by atoms with Gasteiger partial charge in [0.05, 0.1) is 6.61 Å². The normalized spacial score (nSPS) is 42.9. The fourth-order valence-electron chi connectivity index (χ4n) is 6.40. The average molecular weight is 445 g/mol. The van der Waals surface area contributed by atoms with E-state index < -0.39 is 17.7 Å². The van der Waals surface area contributed by atoms with E-state index in [4.69, 9.17) is 24.0 Å². The summed E-state index contributed by atoms with van der Waals surface area (Å²) in [6.45, 7) is 8.90. The van der Waals surface area contributed by atoms with Gasteiger partial charge in [0.1, 0.15) is 0 Å². The lowest BCUT2D eigenvalue weighted by Crippen LogP contribution is -2.70. The summed E-state index contributed by atoms with van der Waals surface area (Å²) in [5.74, 6) is 0.719. The van der Waals surface area contributed by atoms with Gasteiger partial charge in [0.2, 0.25) is 5.79 Å². The highest BCUT2D eigenvalue weighted by Crippen LogP contribution is 2.60. The Labute approximate surface area is 190 Å². The van der Waals surface area contributed by atoms with Crippen LogP contribution in [0.4, 0.5) is 0 Å². The monoisotopic (exact) mass is 444 g/mol. The van der Waals surface area contributed by atoms with Gasteiger partial charge < -0.3 is 14.2 Å². The molecule has 5 fully saturated rings. The van der Waals surface area contributed by atoms with Gasteiger partial charge in [-0.1, -0.05) is 45.0 Å². The Morgan fingerprint density at radius 2 is 1.88 bits per heavy atom. The number of Topliss-reactive ketones (excluding diaryl/α,β-unsaturated/α-hetero) is 1. The van der Waals surface area contributed by atoms with Gasteiger partial charge in [0.25, 0.3) is 0 Å². The summed E-state index contributed by atoms with van der Waals surface area (Å²) in [4.78, 5) is 24.1. The molecule has 1 aliphatic carbocycles. The van der Waals surface area contributed by atoms with E-state index in [1.807, 2.05) is 38.1 Å². The van der Waals surface area contributed by atoms with Crippen molar-refractivity contribution in [2.75, 3.05) is 0 Å². The van der Waals surface area contributed by atoms with Crippen LogP contribution in [0, 0.1) is 23.7 Å². The van der Waals surface area contributed by atoms with Gasteiger partial charge in [0, 0.05) is 30.2 Å². The third-order valence-electron chi connectivity index (χ3n) is 8.26. The summed E-state index contributed by atoms with van der Waals surface area (Å²) in [5, 5.41) is 0. The minimum atomic E-state index is -0.774. The van der Waals surface area contributed by atoms with Crippen molar-refractivity contribution in [1.82, 2.24) is 0 Å². The molecule has 6 rings (SSSR count). The molecule has 1 aromatic carbocycles. The van der Waals surface area contributed by atoms with Gasteiger partial charge in [-0.15, -0.1) is 0 Å². The maximum atomic E-state index is 12.1. The molecule has 6 nitrogen and oxygen atoms in total. The second-order valence-corrected chi connectivity index (χ2v) is 10.5. The van der Waals surface area contributed by atoms with E-state index in [2.05, 4.69) is 13.8 Å². The fourth-order valence-corrected chi connectivity index (χ4v) is 6.40. The SMILES string of the molecule is CCCC(=O)c1ccc(CO[C@H]2O[C@@H]3O[C@]4(C)CC[C@H]5[C@H](C)CC[C@@H]([C@H]2C)[C@@]35OO4)cc1. The molecule has 1 spiro atoms. The van der Waals surface area contributed by atoms with Crippen molar-refractivity contribution in [1.29, 1.82) is 0 Å². The summed E-state index contributed by atoms with van der Waals surface area (Å²) >= 11 is 0. The molecule has 0 N–H and O–H groups in total. The van der Waals surface area contributed by atoms with E-state index in [9.17, 15) is 4.79 Å². The first-order valence-corrected chi connectivity index (χ1v) is 12.3. The number of fused-ring (bicyclic) bond motifs is 2. The Morgan fingerprint density at radius 3 is 2.62 bits per heavy atom. The lowest BCUT2D eigenvalue weighted by Gasteiger charge is -2.60. The molecule has 1 saturated carbocycles. The quantitative estimate of drug-likeness (QED) is 0.433. The second-order valence-electron chi connectivity index (χ2n) is 10.5. The van der Waals surface area contributed by atoms with Crippen molar-refractivity contribution in [3.63, 3.8) is 0 Å². The van der Waals surface area contributed by atoms with E-state index >= 15 is 0 Å². The Hall–Kier alpha value is -1.31. The molecule has 5 aliphatic rings. The van der Waals surface area contributed by atoms with Crippen molar-refractivity contribution >= 4 is 5.78 Å². The van der Waals surface area contributed by atoms with E-state index in [0.29, 0.717) is 24.9 Å². The van der Waals surface area contributed by atoms with Gasteiger partial charge in [-0.05, 0) is 50.0 Å². The van der Waals surface area contributed by atoms with Gasteiger partial charge in [-0.25, -0.2) is 9.78 Å². The number of benzene rings is 1. The molecule has 6 heteroatoms. The zero-order chi connectivity index (χ0) is 22.5. The molecule has 1 aromatic rings. The van der Waals surface area contributed by atoms with Crippen molar-refractivity contribution in [2.45, 2.75) is 96.8 Å². The zero-order valence-electron chi connectivity index (χ0n) is 19.7. The highest BCUT2D eigenvalue weighted by molar-refractivity contribution is 5.95. The van der Waals surface area contributed by atoms with Crippen LogP contribution in [-0.4, -0.2) is 29.8 Å². The maximum Gasteiger partial charge on any atom is 0.201 e. The first kappa shape index (κ1) is 22.5. The molecule has 2 bridgehead atoms. The molecular weight excluding hydrogens is 408 g/mol. The molecule has 4 heterocycles. The molecule has 4 saturated heterocycles. The van der Waals surface area contributed by atoms with Crippen LogP contribution in [0.2, 0.25) is 0 Å². The Morgan fingerprint density at radius 1 is 1.09 bits per heavy atom. The minimum absolute atomic E-state index is 0.154. The summed E-state index contributed by atoms with van der Waals surface area (Å²) < 4.78 is 19.1. The number of ketones is 1. The first-order chi connectivity index (χ1) is 15.4. The van der Waals surface area contributed by atoms with Gasteiger partial charge >= 0.3 is 0 Å². The van der Waals surface area contributed by atoms with Crippen LogP contribution in [0.15, 0.2) is 24.3 Å². The second kappa shape index (κ2) is 8.48. The molecule has 0 amide bonds. The lowest BCUT2D eigenvalue weighted by atomic mass is 9.58. The minimum Gasteiger partial charge on any atom is -0.348 e. The van der Waals surface area contributed by atoms with Crippen molar-refractivity contribution < 1.29 is 28.8 Å². The smallest absolute Gasteiger partial charge is 0.201 e. The van der Waals surface area contributed by atoms with E-state index in [1.165, 1.54) is 6.42 Å². The third-order valence-corrected chi connectivity index (χ3v) is 8.26. The molecule has 0 radical (unpaired) electrons. The lowest BCUT2D eigenvalue weighted by molar-refractivity contribution is -0.577. The van der Waals surface area contributed by atoms with Crippen LogP contribution in [0.1, 0.15) is 82.1 Å². The largest absolute Gasteiger partial charge is 0.348 e. The molecular formula is C26H36O6. The van der Waals surface area contributed by atoms with Crippen LogP contribution >= 0.6 is 0 Å². The van der Waals surface area contributed by atoms with E-state index in [1.54, 1.807) is 0 Å². The van der Waals surface area contributed by atoms with E-state index in [-0.39, 0.29) is 23.9 Å². The third kappa shape index (κ3) is 3.64. The van der Waals surface area contributed by atoms with E-state index in [0.717, 1.165) is 36.8 Å². The molecule has 4 aliphatic heterocycles. The van der Waals surface area contributed by atoms with Crippen LogP contribution in [0.3, 0.4) is 0 Å². The molecule has 32 heavy (non-hydrogen) atoms. The Balaban J connectivity index is 1.32. The standard InChI is InChI=1S/C26H36O6/c1-5-6-22(27)19-10-8-18(9-11-19)15-28-23-17(3)21-12-7-16(2)20-13-14-25(4)30-24(29-23)26(20,21)32-31-25/h8-11,16-17,20-21,23-24H,5-7,12-15H2,1-4H3/t16-,17-,20+,21+,23+,24-,25+,26-/m1/s1. The van der Waals surface area contributed by atoms with Crippen molar-refractivity contribution in [2.24, 2.45) is 23.7 Å². The Kier molecular flexibility index (Phi) is 5.96. The predicted octanol–water partition coefficient (Wildman–Crippen LogP) is 5.39. The average Bonchev–Trinajstić information content (AvgIpc) is 3.01. The first-order valence-electron chi connectivity index (χ1n) is 12.3. The Bertz CT molecular complexity index is 839. The van der Waals surface area contributed by atoms with Gasteiger partial charge in [-0.3, -0.25) is 4.79 Å². The summed E-state index contributed by atoms with van der Waals surface area (Å²) in [6, 6.07) is 7.73. The van der Waals surface area contributed by atoms with Gasteiger partial charge in [0.15, 0.2) is 24.0 Å². The summed E-state index contributed by atoms with van der Waals surface area (Å²) in [7, 11) is 0. The number of carbonyl (C=O) groups is 1. The van der Waals surface area contributed by atoms with Crippen molar-refractivity contribution in [3.8, 4) is 0 Å².